The highest BCUT2D eigenvalue weighted by Crippen LogP contribution is 2.35. The van der Waals surface area contributed by atoms with E-state index in [4.69, 9.17) is 4.98 Å². The predicted molar refractivity (Wildman–Crippen MR) is 118 cm³/mol. The minimum absolute atomic E-state index is 0.163. The van der Waals surface area contributed by atoms with Crippen LogP contribution >= 0.6 is 34.0 Å². The number of hydrogen-bond donors (Lipinski definition) is 1. The third-order valence-electron chi connectivity index (χ3n) is 4.37. The van der Waals surface area contributed by atoms with Crippen molar-refractivity contribution in [2.75, 3.05) is 18.0 Å². The summed E-state index contributed by atoms with van der Waals surface area (Å²) in [5, 5.41) is 10.0. The number of rotatable bonds is 6. The van der Waals surface area contributed by atoms with E-state index < -0.39 is 0 Å². The molecule has 4 rings (SSSR count). The monoisotopic (exact) mass is 431 g/mol. The maximum atomic E-state index is 12.1. The van der Waals surface area contributed by atoms with Gasteiger partial charge in [0.2, 0.25) is 5.91 Å². The first kappa shape index (κ1) is 19.2. The lowest BCUT2D eigenvalue weighted by atomic mass is 10.1. The fraction of sp³-hybridized carbons (Fsp3) is 0.368. The Balaban J connectivity index is 1.48. The van der Waals surface area contributed by atoms with Gasteiger partial charge in [-0.2, -0.15) is 5.10 Å². The molecule has 4 heterocycles. The quantitative estimate of drug-likeness (QED) is 0.466. The van der Waals surface area contributed by atoms with E-state index in [1.165, 1.54) is 30.6 Å². The molecule has 0 saturated carbocycles. The van der Waals surface area contributed by atoms with Gasteiger partial charge in [-0.1, -0.05) is 17.4 Å². The zero-order chi connectivity index (χ0) is 19.3. The van der Waals surface area contributed by atoms with Crippen LogP contribution in [0.25, 0.3) is 10.6 Å². The van der Waals surface area contributed by atoms with Crippen LogP contribution in [0, 0.1) is 6.92 Å². The zero-order valence-electron chi connectivity index (χ0n) is 15.6. The van der Waals surface area contributed by atoms with Gasteiger partial charge in [-0.05, 0) is 37.6 Å². The summed E-state index contributed by atoms with van der Waals surface area (Å²) in [6.45, 7) is 4.03. The normalized spacial score (nSPS) is 14.7. The number of hydrazone groups is 1. The molecule has 0 bridgehead atoms. The molecule has 0 unspecified atom stereocenters. The second kappa shape index (κ2) is 8.93. The number of nitrogens with zero attached hydrogens (tertiary/aromatic N) is 4. The van der Waals surface area contributed by atoms with Crippen molar-refractivity contribution < 1.29 is 4.79 Å². The molecule has 28 heavy (non-hydrogen) atoms. The van der Waals surface area contributed by atoms with Crippen LogP contribution < -0.4 is 10.3 Å². The van der Waals surface area contributed by atoms with Crippen molar-refractivity contribution in [3.8, 4) is 10.6 Å². The molecule has 1 aliphatic heterocycles. The van der Waals surface area contributed by atoms with E-state index in [2.05, 4.69) is 26.5 Å². The first-order valence-corrected chi connectivity index (χ1v) is 11.8. The van der Waals surface area contributed by atoms with Crippen molar-refractivity contribution >= 4 is 51.3 Å². The smallest absolute Gasteiger partial charge is 0.246 e. The van der Waals surface area contributed by atoms with Crippen molar-refractivity contribution in [3.63, 3.8) is 0 Å². The predicted octanol–water partition coefficient (Wildman–Crippen LogP) is 4.32. The number of thiophene rings is 1. The molecule has 0 atom stereocenters. The molecule has 1 amide bonds. The van der Waals surface area contributed by atoms with E-state index in [9.17, 15) is 4.79 Å². The van der Waals surface area contributed by atoms with Gasteiger partial charge in [0.25, 0.3) is 0 Å². The summed E-state index contributed by atoms with van der Waals surface area (Å²) in [4.78, 5) is 25.7. The number of carbonyl (C=O) groups excluding carboxylic acids is 1. The van der Waals surface area contributed by atoms with Gasteiger partial charge in [-0.25, -0.2) is 15.4 Å². The molecule has 3 aromatic rings. The van der Waals surface area contributed by atoms with E-state index in [1.807, 2.05) is 23.8 Å². The van der Waals surface area contributed by atoms with E-state index in [0.717, 1.165) is 44.4 Å². The summed E-state index contributed by atoms with van der Waals surface area (Å²) in [6.07, 6.45) is 5.67. The van der Waals surface area contributed by atoms with Gasteiger partial charge in [0.05, 0.1) is 22.4 Å². The zero-order valence-corrected chi connectivity index (χ0v) is 18.0. The summed E-state index contributed by atoms with van der Waals surface area (Å²) < 4.78 is 0. The van der Waals surface area contributed by atoms with Crippen molar-refractivity contribution in [2.45, 2.75) is 32.6 Å². The van der Waals surface area contributed by atoms with Crippen molar-refractivity contribution in [1.29, 1.82) is 0 Å². The Kier molecular flexibility index (Phi) is 6.13. The van der Waals surface area contributed by atoms with E-state index >= 15 is 0 Å². The van der Waals surface area contributed by atoms with E-state index in [0.29, 0.717) is 0 Å². The molecule has 0 radical (unpaired) electrons. The maximum absolute atomic E-state index is 12.1. The Labute approximate surface area is 176 Å². The Morgan fingerprint density at radius 1 is 1.29 bits per heavy atom. The lowest BCUT2D eigenvalue weighted by molar-refractivity contribution is -0.120. The van der Waals surface area contributed by atoms with Gasteiger partial charge in [-0.15, -0.1) is 22.7 Å². The molecular formula is C19H21N5OS3. The lowest BCUT2D eigenvalue weighted by Gasteiger charge is -2.25. The lowest BCUT2D eigenvalue weighted by Crippen LogP contribution is -2.29. The van der Waals surface area contributed by atoms with Crippen LogP contribution in [0.4, 0.5) is 5.13 Å². The number of carbonyl (C=O) groups is 1. The number of nitrogens with one attached hydrogen (secondary N) is 1. The second-order valence-corrected chi connectivity index (χ2v) is 9.49. The van der Waals surface area contributed by atoms with Gasteiger partial charge in [0.15, 0.2) is 5.13 Å². The van der Waals surface area contributed by atoms with Crippen molar-refractivity contribution in [2.24, 2.45) is 5.10 Å². The molecule has 0 aliphatic carbocycles. The molecule has 1 saturated heterocycles. The van der Waals surface area contributed by atoms with Gasteiger partial charge in [-0.3, -0.25) is 4.79 Å². The Morgan fingerprint density at radius 2 is 2.14 bits per heavy atom. The SMILES string of the molecule is Cc1csc(CC(=O)N/N=C/c2sc(N3CCCCC3)nc2-c2cccs2)n1. The third kappa shape index (κ3) is 4.65. The van der Waals surface area contributed by atoms with Crippen LogP contribution in [0.15, 0.2) is 28.0 Å². The third-order valence-corrected chi connectivity index (χ3v) is 7.27. The topological polar surface area (TPSA) is 70.5 Å². The second-order valence-electron chi connectivity index (χ2n) is 6.59. The molecule has 0 spiro atoms. The summed E-state index contributed by atoms with van der Waals surface area (Å²) >= 11 is 4.79. The summed E-state index contributed by atoms with van der Waals surface area (Å²) in [7, 11) is 0. The number of aromatic nitrogens is 2. The van der Waals surface area contributed by atoms with Crippen molar-refractivity contribution in [3.05, 3.63) is 38.5 Å². The summed E-state index contributed by atoms with van der Waals surface area (Å²) in [6, 6.07) is 4.10. The molecule has 6 nitrogen and oxygen atoms in total. The Hall–Kier alpha value is -2.10. The Morgan fingerprint density at radius 3 is 2.86 bits per heavy atom. The fourth-order valence-electron chi connectivity index (χ4n) is 3.04. The maximum Gasteiger partial charge on any atom is 0.246 e. The average molecular weight is 432 g/mol. The number of aryl methyl sites for hydroxylation is 1. The van der Waals surface area contributed by atoms with Crippen LogP contribution in [0.5, 0.6) is 0 Å². The molecule has 146 valence electrons. The van der Waals surface area contributed by atoms with Gasteiger partial charge >= 0.3 is 0 Å². The van der Waals surface area contributed by atoms with Crippen LogP contribution in [0.1, 0.15) is 34.8 Å². The molecular weight excluding hydrogens is 410 g/mol. The van der Waals surface area contributed by atoms with Gasteiger partial charge < -0.3 is 4.90 Å². The van der Waals surface area contributed by atoms with Gasteiger partial charge in [0, 0.05) is 24.2 Å². The first-order valence-electron chi connectivity index (χ1n) is 9.21. The van der Waals surface area contributed by atoms with Crippen LogP contribution in [-0.4, -0.2) is 35.2 Å². The molecule has 1 fully saturated rings. The number of thiazole rings is 2. The molecule has 3 aromatic heterocycles. The summed E-state index contributed by atoms with van der Waals surface area (Å²) in [5.74, 6) is -0.163. The standard InChI is InChI=1S/C19H21N5OS3/c1-13-12-27-17(21-13)10-16(25)23-20-11-15-18(14-6-5-9-26-14)22-19(28-15)24-7-3-2-4-8-24/h5-6,9,11-12H,2-4,7-8,10H2,1H3,(H,23,25)/b20-11+. The van der Waals surface area contributed by atoms with E-state index in [1.54, 1.807) is 28.9 Å². The highest BCUT2D eigenvalue weighted by atomic mass is 32.1. The van der Waals surface area contributed by atoms with Crippen LogP contribution in [0.2, 0.25) is 0 Å². The number of piperidine rings is 1. The minimum Gasteiger partial charge on any atom is -0.348 e. The molecule has 9 heteroatoms. The number of anilines is 1. The van der Waals surface area contributed by atoms with Gasteiger partial charge in [0.1, 0.15) is 10.7 Å². The van der Waals surface area contributed by atoms with E-state index in [-0.39, 0.29) is 12.3 Å². The largest absolute Gasteiger partial charge is 0.348 e. The molecule has 1 aliphatic rings. The Bertz CT molecular complexity index is 954. The van der Waals surface area contributed by atoms with Crippen LogP contribution in [0.3, 0.4) is 0 Å². The first-order chi connectivity index (χ1) is 13.7. The van der Waals surface area contributed by atoms with Crippen molar-refractivity contribution in [1.82, 2.24) is 15.4 Å². The number of amides is 1. The number of hydrogen-bond acceptors (Lipinski definition) is 8. The fourth-order valence-corrected chi connectivity index (χ4v) is 5.61. The minimum atomic E-state index is -0.163. The molecule has 0 aromatic carbocycles. The highest BCUT2D eigenvalue weighted by Gasteiger charge is 2.19. The highest BCUT2D eigenvalue weighted by molar-refractivity contribution is 7.18. The average Bonchev–Trinajstić information content (AvgIpc) is 3.43. The van der Waals surface area contributed by atoms with Crippen LogP contribution in [-0.2, 0) is 11.2 Å². The molecule has 1 N–H and O–H groups in total. The summed E-state index contributed by atoms with van der Waals surface area (Å²) in [5.41, 5.74) is 4.49.